The van der Waals surface area contributed by atoms with E-state index in [1.807, 2.05) is 0 Å². The molecule has 0 saturated carbocycles. The molecule has 0 radical (unpaired) electrons. The van der Waals surface area contributed by atoms with Gasteiger partial charge in [-0.1, -0.05) is 5.16 Å². The van der Waals surface area contributed by atoms with Gasteiger partial charge in [0.1, 0.15) is 5.76 Å². The molecule has 1 amide bonds. The van der Waals surface area contributed by atoms with E-state index in [9.17, 15) is 18.0 Å². The van der Waals surface area contributed by atoms with E-state index >= 15 is 0 Å². The van der Waals surface area contributed by atoms with E-state index < -0.39 is 24.7 Å². The number of aliphatic hydroxyl groups excluding tert-OH is 1. The first-order valence-electron chi connectivity index (χ1n) is 7.15. The molecular weight excluding hydrogens is 327 g/mol. The quantitative estimate of drug-likeness (QED) is 0.924. The number of likely N-dealkylation sites (N-methyl/N-ethyl adjacent to an activating group) is 1. The van der Waals surface area contributed by atoms with Gasteiger partial charge in [-0.2, -0.15) is 13.2 Å². The summed E-state index contributed by atoms with van der Waals surface area (Å²) in [5.74, 6) is 0.466. The number of halogens is 3. The Hall–Kier alpha value is -2.29. The van der Waals surface area contributed by atoms with Crippen LogP contribution < -0.4 is 0 Å². The van der Waals surface area contributed by atoms with Crippen LogP contribution >= 0.6 is 0 Å². The van der Waals surface area contributed by atoms with Crippen LogP contribution in [0.4, 0.5) is 13.2 Å². The highest BCUT2D eigenvalue weighted by molar-refractivity contribution is 5.95. The monoisotopic (exact) mass is 345 g/mol. The summed E-state index contributed by atoms with van der Waals surface area (Å²) in [6.07, 6.45) is -7.36. The first-order valence-corrected chi connectivity index (χ1v) is 7.15. The maximum atomic E-state index is 12.4. The average Bonchev–Trinajstić information content (AvgIpc) is 3.00. The van der Waals surface area contributed by atoms with Crippen molar-refractivity contribution in [1.29, 1.82) is 0 Å². The highest BCUT2D eigenvalue weighted by atomic mass is 19.4. The Kier molecular flexibility index (Phi) is 4.75. The second-order valence-corrected chi connectivity index (χ2v) is 5.66. The fourth-order valence-electron chi connectivity index (χ4n) is 2.44. The van der Waals surface area contributed by atoms with Crippen molar-refractivity contribution in [2.45, 2.75) is 33.1 Å². The Morgan fingerprint density at radius 2 is 2.00 bits per heavy atom. The van der Waals surface area contributed by atoms with Gasteiger partial charge in [-0.15, -0.1) is 0 Å². The lowest BCUT2D eigenvalue weighted by atomic mass is 10.2. The number of aromatic nitrogens is 2. The molecule has 1 N–H and O–H groups in total. The lowest BCUT2D eigenvalue weighted by molar-refractivity contribution is -0.205. The zero-order valence-corrected chi connectivity index (χ0v) is 13.7. The topological polar surface area (TPSA) is 71.5 Å². The number of nitrogens with zero attached hydrogens (tertiary/aromatic N) is 3. The van der Waals surface area contributed by atoms with Crippen LogP contribution in [0.2, 0.25) is 0 Å². The number of alkyl halides is 3. The number of carbonyl (C=O) groups is 1. The SMILES string of the molecule is Cc1cc(-n2c(C)cc(C(=O)N(C)CC(O)C(F)(F)F)c2C)no1. The van der Waals surface area contributed by atoms with Gasteiger partial charge in [-0.25, -0.2) is 0 Å². The highest BCUT2D eigenvalue weighted by Crippen LogP contribution is 2.24. The zero-order chi connectivity index (χ0) is 18.2. The van der Waals surface area contributed by atoms with Crippen LogP contribution in [0.3, 0.4) is 0 Å². The van der Waals surface area contributed by atoms with Gasteiger partial charge in [0.05, 0.1) is 12.1 Å². The summed E-state index contributed by atoms with van der Waals surface area (Å²) >= 11 is 0. The first kappa shape index (κ1) is 18.1. The summed E-state index contributed by atoms with van der Waals surface area (Å²) in [6.45, 7) is 4.30. The molecule has 2 aromatic rings. The molecule has 0 aliphatic carbocycles. The molecule has 6 nitrogen and oxygen atoms in total. The third-order valence-electron chi connectivity index (χ3n) is 3.68. The average molecular weight is 345 g/mol. The summed E-state index contributed by atoms with van der Waals surface area (Å²) in [6, 6.07) is 3.25. The van der Waals surface area contributed by atoms with Gasteiger partial charge < -0.3 is 14.5 Å². The molecule has 1 atom stereocenters. The normalized spacial score (nSPS) is 13.2. The third-order valence-corrected chi connectivity index (χ3v) is 3.68. The maximum Gasteiger partial charge on any atom is 0.416 e. The van der Waals surface area contributed by atoms with Crippen molar-refractivity contribution < 1.29 is 27.6 Å². The molecule has 0 saturated heterocycles. The van der Waals surface area contributed by atoms with Crippen molar-refractivity contribution in [3.63, 3.8) is 0 Å². The van der Waals surface area contributed by atoms with Gasteiger partial charge in [0.15, 0.2) is 11.9 Å². The first-order chi connectivity index (χ1) is 11.0. The second-order valence-electron chi connectivity index (χ2n) is 5.66. The van der Waals surface area contributed by atoms with Crippen LogP contribution in [-0.2, 0) is 0 Å². The molecule has 0 spiro atoms. The van der Waals surface area contributed by atoms with Gasteiger partial charge in [-0.3, -0.25) is 9.36 Å². The van der Waals surface area contributed by atoms with Crippen molar-refractivity contribution in [3.8, 4) is 5.82 Å². The summed E-state index contributed by atoms with van der Waals surface area (Å²) in [5.41, 5.74) is 1.46. The van der Waals surface area contributed by atoms with E-state index in [-0.39, 0.29) is 5.56 Å². The molecule has 2 heterocycles. The lowest BCUT2D eigenvalue weighted by Gasteiger charge is -2.22. The van der Waals surface area contributed by atoms with Gasteiger partial charge in [0.2, 0.25) is 0 Å². The number of rotatable bonds is 4. The van der Waals surface area contributed by atoms with Crippen LogP contribution in [0.5, 0.6) is 0 Å². The van der Waals surface area contributed by atoms with Crippen LogP contribution in [0.1, 0.15) is 27.5 Å². The van der Waals surface area contributed by atoms with Gasteiger partial charge >= 0.3 is 6.18 Å². The minimum absolute atomic E-state index is 0.241. The Labute approximate surface area is 136 Å². The highest BCUT2D eigenvalue weighted by Gasteiger charge is 2.39. The molecule has 0 aliphatic heterocycles. The predicted molar refractivity (Wildman–Crippen MR) is 79.1 cm³/mol. The predicted octanol–water partition coefficient (Wildman–Crippen LogP) is 2.39. The van der Waals surface area contributed by atoms with Crippen LogP contribution in [-0.4, -0.2) is 51.5 Å². The number of hydrogen-bond acceptors (Lipinski definition) is 4. The van der Waals surface area contributed by atoms with Crippen molar-refractivity contribution in [1.82, 2.24) is 14.6 Å². The van der Waals surface area contributed by atoms with Gasteiger partial charge in [0.25, 0.3) is 5.91 Å². The summed E-state index contributed by atoms with van der Waals surface area (Å²) in [5, 5.41) is 13.0. The van der Waals surface area contributed by atoms with Crippen molar-refractivity contribution in [2.24, 2.45) is 0 Å². The number of aryl methyl sites for hydroxylation is 2. The Balaban J connectivity index is 2.28. The van der Waals surface area contributed by atoms with Gasteiger partial charge in [0, 0.05) is 24.5 Å². The zero-order valence-electron chi connectivity index (χ0n) is 13.7. The molecule has 9 heteroatoms. The molecule has 1 unspecified atom stereocenters. The number of carbonyl (C=O) groups excluding carboxylic acids is 1. The van der Waals surface area contributed by atoms with Gasteiger partial charge in [-0.05, 0) is 26.8 Å². The summed E-state index contributed by atoms with van der Waals surface area (Å²) < 4.78 is 44.0. The number of aliphatic hydroxyl groups is 1. The van der Waals surface area contributed by atoms with Crippen LogP contribution in [0, 0.1) is 20.8 Å². The van der Waals surface area contributed by atoms with E-state index in [1.54, 1.807) is 37.5 Å². The Morgan fingerprint density at radius 3 is 2.50 bits per heavy atom. The largest absolute Gasteiger partial charge is 0.416 e. The standard InChI is InChI=1S/C15H18F3N3O3/c1-8-5-11(10(3)21(8)13-6-9(2)24-19-13)14(23)20(4)7-12(22)15(16,17)18/h5-6,12,22H,7H2,1-4H3. The molecule has 0 aromatic carbocycles. The smallest absolute Gasteiger partial charge is 0.382 e. The minimum atomic E-state index is -4.77. The van der Waals surface area contributed by atoms with E-state index in [1.165, 1.54) is 7.05 Å². The molecule has 2 rings (SSSR count). The molecule has 0 fully saturated rings. The van der Waals surface area contributed by atoms with Crippen molar-refractivity contribution in [2.75, 3.05) is 13.6 Å². The van der Waals surface area contributed by atoms with E-state index in [4.69, 9.17) is 9.63 Å². The second kappa shape index (κ2) is 6.31. The number of hydrogen-bond donors (Lipinski definition) is 1. The third kappa shape index (κ3) is 3.45. The molecule has 0 bridgehead atoms. The number of amides is 1. The van der Waals surface area contributed by atoms with E-state index in [0.717, 1.165) is 4.90 Å². The van der Waals surface area contributed by atoms with Crippen molar-refractivity contribution >= 4 is 5.91 Å². The molecular formula is C15H18F3N3O3. The fraction of sp³-hybridized carbons (Fsp3) is 0.467. The van der Waals surface area contributed by atoms with E-state index in [2.05, 4.69) is 5.16 Å². The fourth-order valence-corrected chi connectivity index (χ4v) is 2.44. The molecule has 132 valence electrons. The summed E-state index contributed by atoms with van der Waals surface area (Å²) in [4.78, 5) is 13.3. The van der Waals surface area contributed by atoms with E-state index in [0.29, 0.717) is 23.0 Å². The lowest BCUT2D eigenvalue weighted by Crippen LogP contribution is -2.41. The minimum Gasteiger partial charge on any atom is -0.382 e. The van der Waals surface area contributed by atoms with Crippen molar-refractivity contribution in [3.05, 3.63) is 34.8 Å². The maximum absolute atomic E-state index is 12.4. The van der Waals surface area contributed by atoms with Crippen LogP contribution in [0.15, 0.2) is 16.7 Å². The molecule has 24 heavy (non-hydrogen) atoms. The Bertz CT molecular complexity index is 749. The molecule has 0 aliphatic rings. The van der Waals surface area contributed by atoms with Crippen LogP contribution in [0.25, 0.3) is 5.82 Å². The summed E-state index contributed by atoms with van der Waals surface area (Å²) in [7, 11) is 1.21. The molecule has 2 aromatic heterocycles. The Morgan fingerprint density at radius 1 is 1.38 bits per heavy atom.